The number of nitrogens with two attached hydrogens (primary N) is 1. The van der Waals surface area contributed by atoms with Crippen LogP contribution in [0.3, 0.4) is 0 Å². The molecule has 0 saturated heterocycles. The zero-order chi connectivity index (χ0) is 16.5. The van der Waals surface area contributed by atoms with Gasteiger partial charge in [-0.15, -0.1) is 0 Å². The second-order valence-corrected chi connectivity index (χ2v) is 6.26. The number of benzene rings is 1. The highest BCUT2D eigenvalue weighted by atomic mass is 16.2. The topological polar surface area (TPSA) is 58.4 Å². The first-order valence-electron chi connectivity index (χ1n) is 8.34. The van der Waals surface area contributed by atoms with E-state index >= 15 is 0 Å². The zero-order valence-electron chi connectivity index (χ0n) is 14.4. The Labute approximate surface area is 135 Å². The normalized spacial score (nSPS) is 11.0. The maximum atomic E-state index is 12.7. The summed E-state index contributed by atoms with van der Waals surface area (Å²) in [4.78, 5) is 14.6. The molecule has 0 aliphatic heterocycles. The van der Waals surface area contributed by atoms with Crippen LogP contribution in [0.4, 0.5) is 5.69 Å². The van der Waals surface area contributed by atoms with Crippen LogP contribution in [0.15, 0.2) is 24.3 Å². The molecule has 4 heteroatoms. The predicted octanol–water partition coefficient (Wildman–Crippen LogP) is 3.49. The number of hydrogen-bond acceptors (Lipinski definition) is 3. The average Bonchev–Trinajstić information content (AvgIpc) is 2.46. The van der Waals surface area contributed by atoms with Gasteiger partial charge in [-0.05, 0) is 65.3 Å². The fourth-order valence-electron chi connectivity index (χ4n) is 2.66. The second-order valence-electron chi connectivity index (χ2n) is 6.26. The van der Waals surface area contributed by atoms with Gasteiger partial charge in [0, 0.05) is 29.9 Å². The molecule has 0 fully saturated rings. The van der Waals surface area contributed by atoms with Crippen LogP contribution < -0.4 is 11.1 Å². The molecule has 0 aromatic heterocycles. The summed E-state index contributed by atoms with van der Waals surface area (Å²) in [6.45, 7) is 9.88. The number of carbonyl (C=O) groups is 1. The van der Waals surface area contributed by atoms with E-state index in [0.29, 0.717) is 0 Å². The van der Waals surface area contributed by atoms with E-state index in [0.717, 1.165) is 43.6 Å². The number of unbranched alkanes of at least 4 members (excludes halogenated alkanes) is 2. The standard InChI is InChI=1S/C18H31N3O/c1-14(2)21(15(3)4)18(22)16-9-8-10-17(13-16)20-12-7-5-6-11-19/h8-10,13-15,20H,5-7,11-12,19H2,1-4H3. The van der Waals surface area contributed by atoms with Gasteiger partial charge in [-0.25, -0.2) is 0 Å². The van der Waals surface area contributed by atoms with Crippen molar-refractivity contribution in [1.82, 2.24) is 4.90 Å². The molecule has 124 valence electrons. The fraction of sp³-hybridized carbons (Fsp3) is 0.611. The van der Waals surface area contributed by atoms with Crippen molar-refractivity contribution in [2.75, 3.05) is 18.4 Å². The summed E-state index contributed by atoms with van der Waals surface area (Å²) in [6, 6.07) is 8.17. The lowest BCUT2D eigenvalue weighted by molar-refractivity contribution is 0.0644. The van der Waals surface area contributed by atoms with Crippen molar-refractivity contribution in [1.29, 1.82) is 0 Å². The van der Waals surface area contributed by atoms with Gasteiger partial charge in [0.25, 0.3) is 5.91 Å². The van der Waals surface area contributed by atoms with Crippen LogP contribution in [0.25, 0.3) is 0 Å². The van der Waals surface area contributed by atoms with Gasteiger partial charge in [0.05, 0.1) is 0 Å². The van der Waals surface area contributed by atoms with Crippen LogP contribution in [-0.2, 0) is 0 Å². The van der Waals surface area contributed by atoms with E-state index in [1.54, 1.807) is 0 Å². The molecule has 4 nitrogen and oxygen atoms in total. The van der Waals surface area contributed by atoms with Crippen molar-refractivity contribution in [3.63, 3.8) is 0 Å². The largest absolute Gasteiger partial charge is 0.385 e. The molecule has 0 unspecified atom stereocenters. The summed E-state index contributed by atoms with van der Waals surface area (Å²) < 4.78 is 0. The van der Waals surface area contributed by atoms with Crippen LogP contribution in [-0.4, -0.2) is 36.0 Å². The van der Waals surface area contributed by atoms with Gasteiger partial charge in [-0.2, -0.15) is 0 Å². The Balaban J connectivity index is 2.68. The second kappa shape index (κ2) is 9.46. The van der Waals surface area contributed by atoms with Gasteiger partial charge in [-0.1, -0.05) is 12.5 Å². The summed E-state index contributed by atoms with van der Waals surface area (Å²) in [5.41, 5.74) is 7.24. The van der Waals surface area contributed by atoms with Gasteiger partial charge >= 0.3 is 0 Å². The number of amides is 1. The molecule has 0 spiro atoms. The van der Waals surface area contributed by atoms with Gasteiger partial charge in [-0.3, -0.25) is 4.79 Å². The fourth-order valence-corrected chi connectivity index (χ4v) is 2.66. The molecule has 1 aromatic rings. The molecule has 0 bridgehead atoms. The first-order valence-corrected chi connectivity index (χ1v) is 8.34. The number of rotatable bonds is 9. The van der Waals surface area contributed by atoms with Gasteiger partial charge in [0.1, 0.15) is 0 Å². The van der Waals surface area contributed by atoms with E-state index in [2.05, 4.69) is 33.0 Å². The highest BCUT2D eigenvalue weighted by Crippen LogP contribution is 2.16. The van der Waals surface area contributed by atoms with Crippen LogP contribution >= 0.6 is 0 Å². The highest BCUT2D eigenvalue weighted by molar-refractivity contribution is 5.95. The third-order valence-electron chi connectivity index (χ3n) is 3.67. The molecule has 1 aromatic carbocycles. The van der Waals surface area contributed by atoms with Gasteiger partial charge in [0.2, 0.25) is 0 Å². The molecule has 0 aliphatic carbocycles. The molecule has 0 atom stereocenters. The SMILES string of the molecule is CC(C)N(C(=O)c1cccc(NCCCCCN)c1)C(C)C. The summed E-state index contributed by atoms with van der Waals surface area (Å²) in [6.07, 6.45) is 3.30. The minimum Gasteiger partial charge on any atom is -0.385 e. The molecule has 0 heterocycles. The van der Waals surface area contributed by atoms with Crippen molar-refractivity contribution >= 4 is 11.6 Å². The molecule has 1 amide bonds. The van der Waals surface area contributed by atoms with Crippen LogP contribution in [0, 0.1) is 0 Å². The van der Waals surface area contributed by atoms with E-state index in [1.807, 2.05) is 29.2 Å². The molecule has 0 aliphatic rings. The highest BCUT2D eigenvalue weighted by Gasteiger charge is 2.21. The molecule has 3 N–H and O–H groups in total. The van der Waals surface area contributed by atoms with E-state index in [9.17, 15) is 4.79 Å². The third kappa shape index (κ3) is 5.68. The first kappa shape index (κ1) is 18.5. The Bertz CT molecular complexity index is 449. The monoisotopic (exact) mass is 305 g/mol. The molecule has 0 saturated carbocycles. The van der Waals surface area contributed by atoms with E-state index < -0.39 is 0 Å². The van der Waals surface area contributed by atoms with Crippen LogP contribution in [0.1, 0.15) is 57.3 Å². The molecule has 0 radical (unpaired) electrons. The summed E-state index contributed by atoms with van der Waals surface area (Å²) in [5, 5.41) is 3.38. The Hall–Kier alpha value is -1.55. The molecule has 22 heavy (non-hydrogen) atoms. The minimum atomic E-state index is 0.0942. The van der Waals surface area contributed by atoms with Crippen LogP contribution in [0.5, 0.6) is 0 Å². The van der Waals surface area contributed by atoms with Crippen LogP contribution in [0.2, 0.25) is 0 Å². The molecular weight excluding hydrogens is 274 g/mol. The summed E-state index contributed by atoms with van der Waals surface area (Å²) in [5.74, 6) is 0.0942. The Morgan fingerprint density at radius 2 is 1.82 bits per heavy atom. The number of hydrogen-bond donors (Lipinski definition) is 2. The Morgan fingerprint density at radius 3 is 2.41 bits per heavy atom. The van der Waals surface area contributed by atoms with Crippen molar-refractivity contribution < 1.29 is 4.79 Å². The molecular formula is C18H31N3O. The third-order valence-corrected chi connectivity index (χ3v) is 3.67. The van der Waals surface area contributed by atoms with Gasteiger partial charge in [0.15, 0.2) is 0 Å². The Kier molecular flexibility index (Phi) is 7.96. The Morgan fingerprint density at radius 1 is 1.14 bits per heavy atom. The summed E-state index contributed by atoms with van der Waals surface area (Å²) in [7, 11) is 0. The van der Waals surface area contributed by atoms with Crippen molar-refractivity contribution in [3.05, 3.63) is 29.8 Å². The van der Waals surface area contributed by atoms with E-state index in [-0.39, 0.29) is 18.0 Å². The van der Waals surface area contributed by atoms with Crippen molar-refractivity contribution in [3.8, 4) is 0 Å². The number of nitrogens with zero attached hydrogens (tertiary/aromatic N) is 1. The lowest BCUT2D eigenvalue weighted by Gasteiger charge is -2.31. The molecule has 1 rings (SSSR count). The number of carbonyl (C=O) groups excluding carboxylic acids is 1. The van der Waals surface area contributed by atoms with Crippen molar-refractivity contribution in [2.24, 2.45) is 5.73 Å². The first-order chi connectivity index (χ1) is 10.5. The minimum absolute atomic E-state index is 0.0942. The van der Waals surface area contributed by atoms with Gasteiger partial charge < -0.3 is 16.0 Å². The van der Waals surface area contributed by atoms with E-state index in [4.69, 9.17) is 5.73 Å². The maximum absolute atomic E-state index is 12.7. The maximum Gasteiger partial charge on any atom is 0.254 e. The zero-order valence-corrected chi connectivity index (χ0v) is 14.4. The lowest BCUT2D eigenvalue weighted by atomic mass is 10.1. The summed E-state index contributed by atoms with van der Waals surface area (Å²) >= 11 is 0. The predicted molar refractivity (Wildman–Crippen MR) is 94.3 cm³/mol. The quantitative estimate of drug-likeness (QED) is 0.687. The van der Waals surface area contributed by atoms with Crippen molar-refractivity contribution in [2.45, 2.75) is 59.0 Å². The lowest BCUT2D eigenvalue weighted by Crippen LogP contribution is -2.42. The average molecular weight is 305 g/mol. The smallest absolute Gasteiger partial charge is 0.254 e. The number of nitrogens with one attached hydrogen (secondary N) is 1. The number of anilines is 1. The van der Waals surface area contributed by atoms with E-state index in [1.165, 1.54) is 0 Å².